The topological polar surface area (TPSA) is 611 Å². The highest BCUT2D eigenvalue weighted by atomic mass is 33.1. The van der Waals surface area contributed by atoms with Gasteiger partial charge in [-0.1, -0.05) is 119 Å². The van der Waals surface area contributed by atoms with E-state index in [0.717, 1.165) is 65.2 Å². The molecular formula is C78H114N14O27S3. The highest BCUT2D eigenvalue weighted by Gasteiger charge is 2.40. The molecule has 676 valence electrons. The Kier molecular flexibility index (Phi) is 45.9. The minimum atomic E-state index is -2.00. The number of piperidine rings is 1. The maximum absolute atomic E-state index is 15.0. The summed E-state index contributed by atoms with van der Waals surface area (Å²) < 4.78 is 17.2. The van der Waals surface area contributed by atoms with Crippen molar-refractivity contribution in [2.45, 2.75) is 225 Å². The number of hydrogen-bond donors (Lipinski definition) is 18. The van der Waals surface area contributed by atoms with Crippen LogP contribution in [0.25, 0.3) is 0 Å². The number of nitrogens with zero attached hydrogens (tertiary/aromatic N) is 3. The van der Waals surface area contributed by atoms with Gasteiger partial charge in [0.15, 0.2) is 6.10 Å². The quantitative estimate of drug-likeness (QED) is 0.0126. The first-order valence-corrected chi connectivity index (χ1v) is 43.1. The molecule has 4 rings (SSSR count). The fraction of sp³-hybridized carbons (Fsp3) is 0.590. The zero-order valence-corrected chi connectivity index (χ0v) is 71.7. The standard InChI is InChI=1S/C78H114N14O27S3/c1-9-11-30-117-42-92(72(107)65(44(5)10-2)88-70(106)58-17-13-15-29-91(58)8)59(43(3)4)38-60(119-46(7)93)71-85-56(40-120-71)69(105)81-50(34-47-22-24-51(94)25-23-47)33-45(6)66(102)89-90-78(116)118-31-32-121-122-41-57(75(112)113)84-68(104)55(37-64(100)101)83-67(103)54(36-63(98)99)82-61(95)35-48-18-20-49(21-19-48)39-80-76(114)79-28-14-12-16-52(73(108)109)86-77(115)87-53(74(110)111)26-27-62(96)97/h18-25,40,43-45,50,52-55,57-60,65,94H,9-17,26-39,41-42H2,1-8H3,(H,81,105)(H,82,95)(H,83,103)(H,84,104)(H,88,106)(H,89,102)(H,90,116)(H,96,97)(H,98,99)(H,100,101)(H,108,109)(H,110,111)(H,112,113)(H2,79,80,114)(H2,86,87,115)/t44?,45-,50+,52-,53-,54-,55-,57-,58+,59+,60+,65-/m0/s1. The van der Waals surface area contributed by atoms with Crippen molar-refractivity contribution < 1.29 is 131 Å². The van der Waals surface area contributed by atoms with Crippen LogP contribution in [0.5, 0.6) is 5.75 Å². The van der Waals surface area contributed by atoms with Crippen LogP contribution in [0.2, 0.25) is 0 Å². The van der Waals surface area contributed by atoms with Crippen LogP contribution in [0, 0.1) is 17.8 Å². The summed E-state index contributed by atoms with van der Waals surface area (Å²) in [6, 6.07) is -0.893. The van der Waals surface area contributed by atoms with Gasteiger partial charge in [-0.15, -0.1) is 11.3 Å². The summed E-state index contributed by atoms with van der Waals surface area (Å²) in [7, 11) is 3.75. The van der Waals surface area contributed by atoms with Crippen LogP contribution in [-0.4, -0.2) is 258 Å². The normalized spacial score (nSPS) is 15.3. The van der Waals surface area contributed by atoms with E-state index in [-0.39, 0.29) is 117 Å². The number of esters is 1. The molecule has 1 saturated heterocycles. The minimum absolute atomic E-state index is 0.0134. The van der Waals surface area contributed by atoms with E-state index in [9.17, 15) is 107 Å². The number of aromatic nitrogens is 1. The van der Waals surface area contributed by atoms with Gasteiger partial charge >= 0.3 is 59.9 Å². The number of likely N-dealkylation sites (N-methyl/N-ethyl adjacent to an activating group) is 1. The number of rotatable bonds is 55. The van der Waals surface area contributed by atoms with Crippen molar-refractivity contribution in [1.82, 2.24) is 73.5 Å². The van der Waals surface area contributed by atoms with Crippen molar-refractivity contribution in [2.24, 2.45) is 17.8 Å². The van der Waals surface area contributed by atoms with Crippen LogP contribution in [0.3, 0.4) is 0 Å². The molecule has 2 aromatic carbocycles. The Morgan fingerprint density at radius 1 is 0.639 bits per heavy atom. The molecule has 12 atom stereocenters. The Morgan fingerprint density at radius 2 is 1.25 bits per heavy atom. The Balaban J connectivity index is 1.28. The van der Waals surface area contributed by atoms with E-state index in [1.807, 2.05) is 51.9 Å². The van der Waals surface area contributed by atoms with Crippen molar-refractivity contribution in [3.63, 3.8) is 0 Å². The van der Waals surface area contributed by atoms with Gasteiger partial charge < -0.3 is 103 Å². The number of unbranched alkanes of at least 4 members (excludes halogenated alkanes) is 2. The first kappa shape index (κ1) is 103. The Morgan fingerprint density at radius 3 is 1.84 bits per heavy atom. The number of hydrogen-bond acceptors (Lipinski definition) is 26. The van der Waals surface area contributed by atoms with E-state index in [4.69, 9.17) is 19.3 Å². The lowest BCUT2D eigenvalue weighted by atomic mass is 9.92. The predicted octanol–water partition coefficient (Wildman–Crippen LogP) is 3.76. The number of urea groups is 2. The average molecular weight is 1780 g/mol. The maximum Gasteiger partial charge on any atom is 0.426 e. The molecule has 0 radical (unpaired) electrons. The van der Waals surface area contributed by atoms with E-state index in [1.165, 1.54) is 55.6 Å². The van der Waals surface area contributed by atoms with Crippen molar-refractivity contribution in [1.29, 1.82) is 0 Å². The number of aromatic hydroxyl groups is 1. The van der Waals surface area contributed by atoms with Crippen LogP contribution in [-0.2, 0) is 95.9 Å². The zero-order valence-electron chi connectivity index (χ0n) is 69.2. The van der Waals surface area contributed by atoms with Gasteiger partial charge in [-0.05, 0) is 112 Å². The molecular weight excluding hydrogens is 1660 g/mol. The number of thiazole rings is 1. The largest absolute Gasteiger partial charge is 0.508 e. The zero-order chi connectivity index (χ0) is 90.7. The van der Waals surface area contributed by atoms with E-state index in [1.54, 1.807) is 17.0 Å². The second-order valence-corrected chi connectivity index (χ2v) is 33.0. The molecule has 0 spiro atoms. The molecule has 1 unspecified atom stereocenters. The van der Waals surface area contributed by atoms with Gasteiger partial charge in [0.25, 0.3) is 5.91 Å². The van der Waals surface area contributed by atoms with E-state index in [0.29, 0.717) is 36.1 Å². The number of amides is 12. The fourth-order valence-corrected chi connectivity index (χ4v) is 15.3. The third-order valence-electron chi connectivity index (χ3n) is 19.4. The molecule has 12 amide bonds. The average Bonchev–Trinajstić information content (AvgIpc) is 1.08. The minimum Gasteiger partial charge on any atom is -0.508 e. The van der Waals surface area contributed by atoms with Crippen LogP contribution < -0.4 is 58.7 Å². The SMILES string of the molecule is CCCCOCN(C(=O)[C@@H](NC(=O)[C@H]1CCCCN1C)C(C)CC)[C@H](C[C@@H](OC(C)=O)c1nc(C(=O)N[C@@H](Cc2ccc(O)cc2)C[C@H](C)C(=O)NNC(=O)OCCSSC[C@H](NC(=O)[C@H](CC(=O)O)NC(=O)[C@H](CC(=O)O)NC(=O)Cc2ccc(CNC(=O)NCCCC[C@H](NC(=O)N[C@@H](CCC(=O)O)C(=O)O)C(=O)O)cc2)C(=O)O)cs1)C(C)C. The number of hydrazine groups is 1. The lowest BCUT2D eigenvalue weighted by Gasteiger charge is -2.40. The molecule has 3 aromatic rings. The molecule has 18 N–H and O–H groups in total. The molecule has 122 heavy (non-hydrogen) atoms. The van der Waals surface area contributed by atoms with Gasteiger partial charge in [-0.25, -0.2) is 39.2 Å². The molecule has 1 aliphatic rings. The number of carboxylic acid groups (broad SMARTS) is 6. The van der Waals surface area contributed by atoms with Crippen molar-refractivity contribution in [3.05, 3.63) is 81.3 Å². The molecule has 0 saturated carbocycles. The summed E-state index contributed by atoms with van der Waals surface area (Å²) in [6.07, 6.45) is -0.633. The third kappa shape index (κ3) is 38.7. The van der Waals surface area contributed by atoms with Gasteiger partial charge in [-0.3, -0.25) is 63.1 Å². The smallest absolute Gasteiger partial charge is 0.426 e. The summed E-state index contributed by atoms with van der Waals surface area (Å²) in [5.74, 6) is -17.0. The Bertz CT molecular complexity index is 4010. The van der Waals surface area contributed by atoms with Crippen LogP contribution in [0.1, 0.15) is 183 Å². The van der Waals surface area contributed by atoms with Crippen molar-refractivity contribution in [2.75, 3.05) is 51.6 Å². The van der Waals surface area contributed by atoms with Crippen molar-refractivity contribution >= 4 is 134 Å². The van der Waals surface area contributed by atoms with Gasteiger partial charge in [-0.2, -0.15) is 0 Å². The number of carbonyl (C=O) groups is 17. The predicted molar refractivity (Wildman–Crippen MR) is 442 cm³/mol. The Labute approximate surface area is 716 Å². The number of aliphatic carboxylic acids is 6. The number of benzene rings is 2. The van der Waals surface area contributed by atoms with E-state index < -0.39 is 188 Å². The monoisotopic (exact) mass is 1770 g/mol. The molecule has 41 nitrogen and oxygen atoms in total. The number of phenols is 1. The molecule has 44 heteroatoms. The summed E-state index contributed by atoms with van der Waals surface area (Å²) in [4.78, 5) is 226. The highest BCUT2D eigenvalue weighted by molar-refractivity contribution is 8.76. The molecule has 0 aliphatic carbocycles. The number of ether oxygens (including phenoxy) is 3. The van der Waals surface area contributed by atoms with Gasteiger partial charge in [0, 0.05) is 74.3 Å². The van der Waals surface area contributed by atoms with Crippen molar-refractivity contribution in [3.8, 4) is 5.75 Å². The first-order valence-electron chi connectivity index (χ1n) is 39.8. The number of carbonyl (C=O) groups excluding carboxylic acids is 11. The number of phenolic OH excluding ortho intramolecular Hbond substituents is 1. The lowest BCUT2D eigenvalue weighted by molar-refractivity contribution is -0.153. The molecule has 1 aliphatic heterocycles. The molecule has 2 heterocycles. The summed E-state index contributed by atoms with van der Waals surface area (Å²) in [5.41, 5.74) is 5.92. The second kappa shape index (κ2) is 54.3. The number of nitrogens with one attached hydrogen (secondary N) is 11. The number of likely N-dealkylation sites (tertiary alicyclic amines) is 1. The molecule has 0 bridgehead atoms. The maximum atomic E-state index is 15.0. The van der Waals surface area contributed by atoms with Crippen LogP contribution >= 0.6 is 32.9 Å². The molecule has 1 aromatic heterocycles. The van der Waals surface area contributed by atoms with Crippen LogP contribution in [0.15, 0.2) is 53.9 Å². The summed E-state index contributed by atoms with van der Waals surface area (Å²) in [6.45, 7) is 13.2. The molecule has 1 fully saturated rings. The first-order chi connectivity index (χ1) is 57.8. The third-order valence-corrected chi connectivity index (χ3v) is 22.7. The fourth-order valence-electron chi connectivity index (χ4n) is 12.4. The van der Waals surface area contributed by atoms with Gasteiger partial charge in [0.1, 0.15) is 66.0 Å². The van der Waals surface area contributed by atoms with Crippen LogP contribution in [0.4, 0.5) is 14.4 Å². The lowest BCUT2D eigenvalue weighted by Crippen LogP contribution is -2.59. The van der Waals surface area contributed by atoms with E-state index in [2.05, 4.69) is 58.4 Å². The van der Waals surface area contributed by atoms with Gasteiger partial charge in [0.05, 0.1) is 25.3 Å². The Hall–Kier alpha value is -11.1. The highest BCUT2D eigenvalue weighted by Crippen LogP contribution is 2.33. The number of carboxylic acids is 6. The van der Waals surface area contributed by atoms with Gasteiger partial charge in [0.2, 0.25) is 35.4 Å². The summed E-state index contributed by atoms with van der Waals surface area (Å²) >= 11 is 1.05. The van der Waals surface area contributed by atoms with E-state index >= 15 is 4.79 Å². The second-order valence-electron chi connectivity index (χ2n) is 29.5. The summed E-state index contributed by atoms with van der Waals surface area (Å²) in [5, 5.41) is 90.5.